The van der Waals surface area contributed by atoms with E-state index in [0.29, 0.717) is 0 Å². The third-order valence-electron chi connectivity index (χ3n) is 2.68. The molecular weight excluding hydrogens is 272 g/mol. The molecule has 0 fully saturated rings. The summed E-state index contributed by atoms with van der Waals surface area (Å²) in [7, 11) is -0.704. The Labute approximate surface area is 121 Å². The monoisotopic (exact) mass is 292 g/mol. The standard InChI is InChI=1S/C15H20O4Si/c1-15(2,3)20(12-8-6-5-7-9-12)19-14(17)11-10-13(16)18-4/h5-11,20H,1-4H3/b11-10+. The molecule has 0 heterocycles. The van der Waals surface area contributed by atoms with Gasteiger partial charge in [0.25, 0.3) is 9.04 Å². The number of carbonyl (C=O) groups is 2. The summed E-state index contributed by atoms with van der Waals surface area (Å²) < 4.78 is 10.0. The van der Waals surface area contributed by atoms with Crippen molar-refractivity contribution >= 4 is 26.2 Å². The van der Waals surface area contributed by atoms with Gasteiger partial charge >= 0.3 is 11.9 Å². The number of benzene rings is 1. The molecular formula is C15H20O4Si. The van der Waals surface area contributed by atoms with Gasteiger partial charge in [-0.15, -0.1) is 0 Å². The van der Waals surface area contributed by atoms with Gasteiger partial charge in [0.05, 0.1) is 7.11 Å². The van der Waals surface area contributed by atoms with Gasteiger partial charge in [-0.25, -0.2) is 9.59 Å². The fourth-order valence-corrected chi connectivity index (χ4v) is 4.10. The smallest absolute Gasteiger partial charge is 0.330 e. The van der Waals surface area contributed by atoms with Crippen LogP contribution in [0.2, 0.25) is 5.04 Å². The first-order valence-electron chi connectivity index (χ1n) is 6.36. The molecule has 0 N–H and O–H groups in total. The van der Waals surface area contributed by atoms with E-state index in [0.717, 1.165) is 17.3 Å². The summed E-state index contributed by atoms with van der Waals surface area (Å²) in [5.41, 5.74) is 0. The number of methoxy groups -OCH3 is 1. The van der Waals surface area contributed by atoms with E-state index in [2.05, 4.69) is 4.74 Å². The van der Waals surface area contributed by atoms with E-state index >= 15 is 0 Å². The summed E-state index contributed by atoms with van der Waals surface area (Å²) in [5.74, 6) is -1.08. The minimum absolute atomic E-state index is 0.115. The van der Waals surface area contributed by atoms with E-state index < -0.39 is 21.0 Å². The molecule has 0 bridgehead atoms. The van der Waals surface area contributed by atoms with Gasteiger partial charge in [0.1, 0.15) is 0 Å². The highest BCUT2D eigenvalue weighted by Crippen LogP contribution is 2.27. The fraction of sp³-hybridized carbons (Fsp3) is 0.333. The Morgan fingerprint density at radius 3 is 2.10 bits per heavy atom. The van der Waals surface area contributed by atoms with E-state index in [1.807, 2.05) is 51.1 Å². The normalized spacial score (nSPS) is 13.0. The summed E-state index contributed by atoms with van der Waals surface area (Å²) >= 11 is 0. The van der Waals surface area contributed by atoms with Crippen molar-refractivity contribution in [3.05, 3.63) is 42.5 Å². The predicted molar refractivity (Wildman–Crippen MR) is 80.2 cm³/mol. The average molecular weight is 292 g/mol. The van der Waals surface area contributed by atoms with E-state index in [-0.39, 0.29) is 5.04 Å². The highest BCUT2D eigenvalue weighted by atomic mass is 28.3. The van der Waals surface area contributed by atoms with Crippen LogP contribution in [0.5, 0.6) is 0 Å². The lowest BCUT2D eigenvalue weighted by atomic mass is 10.2. The van der Waals surface area contributed by atoms with Crippen molar-refractivity contribution in [1.82, 2.24) is 0 Å². The maximum absolute atomic E-state index is 11.8. The quantitative estimate of drug-likeness (QED) is 0.481. The maximum atomic E-state index is 11.8. The highest BCUT2D eigenvalue weighted by Gasteiger charge is 2.32. The van der Waals surface area contributed by atoms with Crippen molar-refractivity contribution in [1.29, 1.82) is 0 Å². The van der Waals surface area contributed by atoms with E-state index in [9.17, 15) is 9.59 Å². The molecule has 0 spiro atoms. The van der Waals surface area contributed by atoms with Crippen LogP contribution in [0, 0.1) is 0 Å². The number of ether oxygens (including phenoxy) is 1. The number of hydrogen-bond acceptors (Lipinski definition) is 4. The van der Waals surface area contributed by atoms with Crippen LogP contribution >= 0.6 is 0 Å². The van der Waals surface area contributed by atoms with Crippen LogP contribution in [0.3, 0.4) is 0 Å². The molecule has 4 nitrogen and oxygen atoms in total. The summed E-state index contributed by atoms with van der Waals surface area (Å²) in [6.07, 6.45) is 2.18. The Morgan fingerprint density at radius 1 is 1.05 bits per heavy atom. The minimum Gasteiger partial charge on any atom is -0.514 e. The van der Waals surface area contributed by atoms with Crippen molar-refractivity contribution in [2.45, 2.75) is 25.8 Å². The SMILES string of the molecule is COC(=O)/C=C/C(=O)O[SiH](c1ccccc1)C(C)(C)C. The fourth-order valence-electron chi connectivity index (χ4n) is 1.73. The minimum atomic E-state index is -1.96. The van der Waals surface area contributed by atoms with E-state index in [4.69, 9.17) is 4.43 Å². The van der Waals surface area contributed by atoms with Crippen LogP contribution in [0.1, 0.15) is 20.8 Å². The Bertz CT molecular complexity index is 488. The average Bonchev–Trinajstić information content (AvgIpc) is 2.41. The van der Waals surface area contributed by atoms with Crippen LogP contribution < -0.4 is 5.19 Å². The van der Waals surface area contributed by atoms with E-state index in [1.165, 1.54) is 7.11 Å². The molecule has 108 valence electrons. The number of rotatable bonds is 4. The largest absolute Gasteiger partial charge is 0.514 e. The predicted octanol–water partition coefficient (Wildman–Crippen LogP) is 1.69. The van der Waals surface area contributed by atoms with Crippen LogP contribution in [0.15, 0.2) is 42.5 Å². The van der Waals surface area contributed by atoms with Gasteiger partial charge in [0.15, 0.2) is 0 Å². The topological polar surface area (TPSA) is 52.6 Å². The van der Waals surface area contributed by atoms with Gasteiger partial charge in [0.2, 0.25) is 0 Å². The van der Waals surface area contributed by atoms with E-state index in [1.54, 1.807) is 0 Å². The number of carbonyl (C=O) groups excluding carboxylic acids is 2. The number of esters is 1. The van der Waals surface area contributed by atoms with Gasteiger partial charge in [-0.05, 0) is 10.2 Å². The second-order valence-corrected chi connectivity index (χ2v) is 8.84. The zero-order valence-corrected chi connectivity index (χ0v) is 13.4. The molecule has 0 aliphatic rings. The Hall–Kier alpha value is -1.88. The molecule has 0 saturated heterocycles. The lowest BCUT2D eigenvalue weighted by Gasteiger charge is -2.28. The lowest BCUT2D eigenvalue weighted by molar-refractivity contribution is -0.135. The summed E-state index contributed by atoms with van der Waals surface area (Å²) in [6, 6.07) is 9.73. The zero-order valence-electron chi connectivity index (χ0n) is 12.3. The van der Waals surface area contributed by atoms with Crippen LogP contribution in [-0.4, -0.2) is 28.1 Å². The lowest BCUT2D eigenvalue weighted by Crippen LogP contribution is -2.42. The van der Waals surface area contributed by atoms with Gasteiger partial charge in [-0.1, -0.05) is 51.1 Å². The molecule has 1 aromatic carbocycles. The van der Waals surface area contributed by atoms with Crippen molar-refractivity contribution in [3.8, 4) is 0 Å². The van der Waals surface area contributed by atoms with Gasteiger partial charge in [-0.3, -0.25) is 0 Å². The summed E-state index contributed by atoms with van der Waals surface area (Å²) in [6.45, 7) is 6.15. The molecule has 0 amide bonds. The molecule has 0 aromatic heterocycles. The first kappa shape index (κ1) is 16.2. The Morgan fingerprint density at radius 2 is 1.60 bits per heavy atom. The first-order chi connectivity index (χ1) is 9.34. The zero-order chi connectivity index (χ0) is 15.2. The second-order valence-electron chi connectivity index (χ2n) is 5.45. The molecule has 1 aromatic rings. The van der Waals surface area contributed by atoms with Crippen molar-refractivity contribution < 1.29 is 18.8 Å². The third kappa shape index (κ3) is 5.01. The first-order valence-corrected chi connectivity index (χ1v) is 7.99. The molecule has 0 radical (unpaired) electrons. The van der Waals surface area contributed by atoms with Crippen molar-refractivity contribution in [3.63, 3.8) is 0 Å². The molecule has 20 heavy (non-hydrogen) atoms. The molecule has 1 unspecified atom stereocenters. The highest BCUT2D eigenvalue weighted by molar-refractivity contribution is 6.71. The summed E-state index contributed by atoms with van der Waals surface area (Å²) in [4.78, 5) is 22.8. The molecule has 0 saturated carbocycles. The summed E-state index contributed by atoms with van der Waals surface area (Å²) in [5, 5.41) is 0.940. The van der Waals surface area contributed by atoms with Crippen LogP contribution in [-0.2, 0) is 18.8 Å². The van der Waals surface area contributed by atoms with Crippen LogP contribution in [0.4, 0.5) is 0 Å². The molecule has 0 aliphatic carbocycles. The molecule has 0 aliphatic heterocycles. The van der Waals surface area contributed by atoms with Gasteiger partial charge < -0.3 is 9.16 Å². The Balaban J connectivity index is 2.85. The molecule has 1 atom stereocenters. The Kier molecular flexibility index (Phi) is 5.70. The molecule has 1 rings (SSSR count). The van der Waals surface area contributed by atoms with Crippen LogP contribution in [0.25, 0.3) is 0 Å². The number of hydrogen-bond donors (Lipinski definition) is 0. The molecule has 5 heteroatoms. The van der Waals surface area contributed by atoms with Gasteiger partial charge in [0, 0.05) is 12.2 Å². The second kappa shape index (κ2) is 7.05. The van der Waals surface area contributed by atoms with Gasteiger partial charge in [-0.2, -0.15) is 0 Å². The van der Waals surface area contributed by atoms with Crippen molar-refractivity contribution in [2.75, 3.05) is 7.11 Å². The van der Waals surface area contributed by atoms with Crippen molar-refractivity contribution in [2.24, 2.45) is 0 Å². The maximum Gasteiger partial charge on any atom is 0.330 e. The third-order valence-corrected chi connectivity index (χ3v) is 5.71.